The van der Waals surface area contributed by atoms with Crippen molar-refractivity contribution in [1.82, 2.24) is 9.55 Å². The number of aromatic nitrogens is 2. The molecule has 0 saturated heterocycles. The quantitative estimate of drug-likeness (QED) is 0.505. The number of thiophene rings is 1. The Kier molecular flexibility index (Phi) is 5.17. The highest BCUT2D eigenvalue weighted by molar-refractivity contribution is 7.19. The van der Waals surface area contributed by atoms with E-state index >= 15 is 0 Å². The summed E-state index contributed by atoms with van der Waals surface area (Å²) in [7, 11) is 0. The predicted molar refractivity (Wildman–Crippen MR) is 114 cm³/mol. The number of hydrogen-bond acceptors (Lipinski definition) is 4. The van der Waals surface area contributed by atoms with Gasteiger partial charge < -0.3 is 5.32 Å². The van der Waals surface area contributed by atoms with Gasteiger partial charge in [-0.3, -0.25) is 14.2 Å². The number of benzene rings is 2. The molecule has 0 radical (unpaired) electrons. The van der Waals surface area contributed by atoms with E-state index in [9.17, 15) is 18.4 Å². The second-order valence-corrected chi connectivity index (χ2v) is 8.05. The first-order valence-electron chi connectivity index (χ1n) is 9.18. The molecule has 8 heteroatoms. The van der Waals surface area contributed by atoms with E-state index in [1.54, 1.807) is 19.1 Å². The van der Waals surface area contributed by atoms with Gasteiger partial charge in [-0.05, 0) is 55.8 Å². The van der Waals surface area contributed by atoms with E-state index in [0.717, 1.165) is 4.88 Å². The Hall–Kier alpha value is -3.39. The normalized spacial score (nSPS) is 12.1. The van der Waals surface area contributed by atoms with Crippen LogP contribution in [0, 0.1) is 18.6 Å². The fraction of sp³-hybridized carbons (Fsp3) is 0.136. The number of hydrogen-bond donors (Lipinski definition) is 1. The molecule has 1 N–H and O–H groups in total. The van der Waals surface area contributed by atoms with Crippen LogP contribution in [0.1, 0.15) is 17.8 Å². The van der Waals surface area contributed by atoms with E-state index < -0.39 is 17.8 Å². The molecule has 0 spiro atoms. The van der Waals surface area contributed by atoms with Crippen LogP contribution in [0.5, 0.6) is 0 Å². The molecule has 1 amide bonds. The van der Waals surface area contributed by atoms with Crippen LogP contribution in [-0.2, 0) is 4.79 Å². The van der Waals surface area contributed by atoms with Gasteiger partial charge in [0.05, 0.1) is 11.7 Å². The Bertz CT molecular complexity index is 1300. The van der Waals surface area contributed by atoms with Crippen LogP contribution in [0.2, 0.25) is 0 Å². The molecule has 4 aromatic rings. The smallest absolute Gasteiger partial charge is 0.263 e. The van der Waals surface area contributed by atoms with E-state index in [0.29, 0.717) is 27.0 Å². The Labute approximate surface area is 174 Å². The van der Waals surface area contributed by atoms with Crippen molar-refractivity contribution < 1.29 is 13.6 Å². The molecular formula is C22H17F2N3O2S. The van der Waals surface area contributed by atoms with Crippen molar-refractivity contribution in [1.29, 1.82) is 0 Å². The molecule has 0 aliphatic heterocycles. The number of nitrogens with one attached hydrogen (secondary N) is 1. The molecule has 1 unspecified atom stereocenters. The maximum Gasteiger partial charge on any atom is 0.263 e. The van der Waals surface area contributed by atoms with Gasteiger partial charge in [0.15, 0.2) is 0 Å². The second kappa shape index (κ2) is 7.79. The zero-order valence-corrected chi connectivity index (χ0v) is 17.0. The minimum absolute atomic E-state index is 0.356. The van der Waals surface area contributed by atoms with Crippen molar-refractivity contribution in [3.63, 3.8) is 0 Å². The maximum absolute atomic E-state index is 13.3. The van der Waals surface area contributed by atoms with Gasteiger partial charge >= 0.3 is 0 Å². The average molecular weight is 425 g/mol. The number of amides is 1. The molecule has 0 aliphatic carbocycles. The predicted octanol–water partition coefficient (Wildman–Crippen LogP) is 4.91. The SMILES string of the molecule is Cc1sc2ncn(C(C)C(=O)Nc3ccc(F)cc3)c(=O)c2c1-c1ccc(F)cc1. The molecule has 2 aromatic carbocycles. The van der Waals surface area contributed by atoms with Gasteiger partial charge in [-0.2, -0.15) is 0 Å². The van der Waals surface area contributed by atoms with E-state index in [4.69, 9.17) is 0 Å². The Morgan fingerprint density at radius 3 is 2.30 bits per heavy atom. The number of carbonyl (C=O) groups is 1. The van der Waals surface area contributed by atoms with Gasteiger partial charge in [0.2, 0.25) is 5.91 Å². The molecule has 0 saturated carbocycles. The van der Waals surface area contributed by atoms with Gasteiger partial charge in [-0.15, -0.1) is 11.3 Å². The summed E-state index contributed by atoms with van der Waals surface area (Å²) in [6, 6.07) is 10.4. The molecule has 2 heterocycles. The van der Waals surface area contributed by atoms with Crippen molar-refractivity contribution in [2.45, 2.75) is 19.9 Å². The topological polar surface area (TPSA) is 64.0 Å². The van der Waals surface area contributed by atoms with Crippen molar-refractivity contribution in [3.8, 4) is 11.1 Å². The third-order valence-electron chi connectivity index (χ3n) is 4.85. The van der Waals surface area contributed by atoms with Crippen molar-refractivity contribution in [2.75, 3.05) is 5.32 Å². The minimum atomic E-state index is -0.847. The number of rotatable bonds is 4. The van der Waals surface area contributed by atoms with Crippen LogP contribution in [0.3, 0.4) is 0 Å². The Balaban J connectivity index is 1.74. The lowest BCUT2D eigenvalue weighted by atomic mass is 10.0. The average Bonchev–Trinajstić information content (AvgIpc) is 3.07. The van der Waals surface area contributed by atoms with Crippen LogP contribution in [0.15, 0.2) is 59.7 Å². The monoisotopic (exact) mass is 425 g/mol. The van der Waals surface area contributed by atoms with Crippen LogP contribution in [-0.4, -0.2) is 15.5 Å². The standard InChI is InChI=1S/C22H17F2N3O2S/c1-12(20(28)26-17-9-7-16(24)8-10-17)27-11-25-21-19(22(27)29)18(13(2)30-21)14-3-5-15(23)6-4-14/h3-12H,1-2H3,(H,26,28). The van der Waals surface area contributed by atoms with E-state index in [-0.39, 0.29) is 11.4 Å². The highest BCUT2D eigenvalue weighted by Crippen LogP contribution is 2.35. The van der Waals surface area contributed by atoms with Crippen molar-refractivity contribution in [2.24, 2.45) is 0 Å². The molecular weight excluding hydrogens is 408 g/mol. The maximum atomic E-state index is 13.3. The van der Waals surface area contributed by atoms with Crippen LogP contribution < -0.4 is 10.9 Å². The van der Waals surface area contributed by atoms with Crippen molar-refractivity contribution >= 4 is 33.1 Å². The van der Waals surface area contributed by atoms with Crippen LogP contribution in [0.4, 0.5) is 14.5 Å². The molecule has 30 heavy (non-hydrogen) atoms. The Morgan fingerprint density at radius 2 is 1.67 bits per heavy atom. The fourth-order valence-corrected chi connectivity index (χ4v) is 4.27. The lowest BCUT2D eigenvalue weighted by molar-refractivity contribution is -0.118. The summed E-state index contributed by atoms with van der Waals surface area (Å²) in [5, 5.41) is 3.06. The van der Waals surface area contributed by atoms with Crippen LogP contribution >= 0.6 is 11.3 Å². The highest BCUT2D eigenvalue weighted by Gasteiger charge is 2.22. The number of aryl methyl sites for hydroxylation is 1. The van der Waals surface area contributed by atoms with E-state index in [1.165, 1.54) is 58.6 Å². The van der Waals surface area contributed by atoms with Gasteiger partial charge in [-0.1, -0.05) is 12.1 Å². The first-order chi connectivity index (χ1) is 14.3. The molecule has 0 aliphatic rings. The third-order valence-corrected chi connectivity index (χ3v) is 5.87. The van der Waals surface area contributed by atoms with Gasteiger partial charge in [0.25, 0.3) is 5.56 Å². The van der Waals surface area contributed by atoms with Gasteiger partial charge in [0, 0.05) is 16.1 Å². The van der Waals surface area contributed by atoms with Crippen molar-refractivity contribution in [3.05, 3.63) is 81.7 Å². The number of nitrogens with zero attached hydrogens (tertiary/aromatic N) is 2. The Morgan fingerprint density at radius 1 is 1.07 bits per heavy atom. The summed E-state index contributed by atoms with van der Waals surface area (Å²) in [6.45, 7) is 3.46. The summed E-state index contributed by atoms with van der Waals surface area (Å²) in [5.74, 6) is -1.20. The number of fused-ring (bicyclic) bond motifs is 1. The molecule has 0 bridgehead atoms. The largest absolute Gasteiger partial charge is 0.324 e. The zero-order valence-electron chi connectivity index (χ0n) is 16.1. The molecule has 0 fully saturated rings. The number of carbonyl (C=O) groups excluding carboxylic acids is 1. The lowest BCUT2D eigenvalue weighted by Gasteiger charge is -2.15. The first kappa shape index (κ1) is 19.9. The summed E-state index contributed by atoms with van der Waals surface area (Å²) in [4.78, 5) is 31.7. The van der Waals surface area contributed by atoms with E-state index in [1.807, 2.05) is 6.92 Å². The summed E-state index contributed by atoms with van der Waals surface area (Å²) in [6.07, 6.45) is 1.35. The highest BCUT2D eigenvalue weighted by atomic mass is 32.1. The van der Waals surface area contributed by atoms with Gasteiger partial charge in [-0.25, -0.2) is 13.8 Å². The molecule has 1 atom stereocenters. The lowest BCUT2D eigenvalue weighted by Crippen LogP contribution is -2.31. The summed E-state index contributed by atoms with van der Waals surface area (Å²) >= 11 is 1.37. The number of anilines is 1. The fourth-order valence-electron chi connectivity index (χ4n) is 3.26. The molecule has 5 nitrogen and oxygen atoms in total. The molecule has 2 aromatic heterocycles. The van der Waals surface area contributed by atoms with Crippen LogP contribution in [0.25, 0.3) is 21.3 Å². The summed E-state index contributed by atoms with van der Waals surface area (Å²) < 4.78 is 27.7. The van der Waals surface area contributed by atoms with Gasteiger partial charge in [0.1, 0.15) is 22.5 Å². The summed E-state index contributed by atoms with van der Waals surface area (Å²) in [5.41, 5.74) is 1.47. The molecule has 4 rings (SSSR count). The second-order valence-electron chi connectivity index (χ2n) is 6.85. The number of halogens is 2. The zero-order chi connectivity index (χ0) is 21.4. The van der Waals surface area contributed by atoms with E-state index in [2.05, 4.69) is 10.3 Å². The minimum Gasteiger partial charge on any atom is -0.324 e. The molecule has 152 valence electrons. The third kappa shape index (κ3) is 3.61. The first-order valence-corrected chi connectivity index (χ1v) is 9.99.